The van der Waals surface area contributed by atoms with Crippen LogP contribution in [0.3, 0.4) is 0 Å². The van der Waals surface area contributed by atoms with Crippen molar-refractivity contribution >= 4 is 12.2 Å². The number of aryl methyl sites for hydroxylation is 2. The van der Waals surface area contributed by atoms with Crippen molar-refractivity contribution in [1.82, 2.24) is 15.2 Å². The number of halogens is 2. The zero-order valence-electron chi connectivity index (χ0n) is 8.96. The Morgan fingerprint density at radius 3 is 2.71 bits per heavy atom. The number of nitrogens with zero attached hydrogens (tertiary/aromatic N) is 1. The molecule has 0 bridgehead atoms. The van der Waals surface area contributed by atoms with Crippen molar-refractivity contribution in [2.45, 2.75) is 19.3 Å². The Morgan fingerprint density at radius 2 is 2.00 bits per heavy atom. The molecule has 3 nitrogen and oxygen atoms in total. The molecule has 6 heteroatoms. The number of aromatic amines is 2. The van der Waals surface area contributed by atoms with E-state index >= 15 is 0 Å². The van der Waals surface area contributed by atoms with Crippen molar-refractivity contribution in [2.75, 3.05) is 0 Å². The maximum Gasteiger partial charge on any atom is 0.213 e. The molecule has 0 aliphatic heterocycles. The fourth-order valence-corrected chi connectivity index (χ4v) is 1.76. The third-order valence-electron chi connectivity index (χ3n) is 2.42. The Bertz CT molecular complexity index is 562. The van der Waals surface area contributed by atoms with Gasteiger partial charge in [-0.3, -0.25) is 10.2 Å². The molecule has 90 valence electrons. The van der Waals surface area contributed by atoms with E-state index in [-0.39, 0.29) is 5.82 Å². The highest BCUT2D eigenvalue weighted by Crippen LogP contribution is 2.12. The summed E-state index contributed by atoms with van der Waals surface area (Å²) in [7, 11) is 0. The fourth-order valence-electron chi connectivity index (χ4n) is 1.60. The zero-order valence-corrected chi connectivity index (χ0v) is 9.78. The third-order valence-corrected chi connectivity index (χ3v) is 2.61. The van der Waals surface area contributed by atoms with Gasteiger partial charge in [0.05, 0.1) is 0 Å². The number of nitrogens with one attached hydrogen (secondary N) is 2. The summed E-state index contributed by atoms with van der Waals surface area (Å²) in [6.45, 7) is 0. The van der Waals surface area contributed by atoms with Gasteiger partial charge in [0.1, 0.15) is 17.5 Å². The summed E-state index contributed by atoms with van der Waals surface area (Å²) in [5.74, 6) is -0.0613. The summed E-state index contributed by atoms with van der Waals surface area (Å²) in [5.41, 5.74) is 0.388. The van der Waals surface area contributed by atoms with E-state index in [1.807, 2.05) is 0 Å². The Balaban J connectivity index is 1.94. The summed E-state index contributed by atoms with van der Waals surface area (Å²) >= 11 is 4.81. The number of hydrogen-bond donors (Lipinski definition) is 2. The van der Waals surface area contributed by atoms with Gasteiger partial charge >= 0.3 is 0 Å². The maximum atomic E-state index is 13.3. The highest BCUT2D eigenvalue weighted by atomic mass is 32.1. The number of aromatic nitrogens is 3. The second-order valence-corrected chi connectivity index (χ2v) is 4.09. The van der Waals surface area contributed by atoms with Gasteiger partial charge in [-0.25, -0.2) is 13.8 Å². The van der Waals surface area contributed by atoms with Crippen LogP contribution >= 0.6 is 12.2 Å². The predicted molar refractivity (Wildman–Crippen MR) is 62.2 cm³/mol. The van der Waals surface area contributed by atoms with Gasteiger partial charge in [0.25, 0.3) is 0 Å². The Morgan fingerprint density at radius 1 is 1.18 bits per heavy atom. The molecule has 0 radical (unpaired) electrons. The average molecular weight is 255 g/mol. The first kappa shape index (κ1) is 11.9. The first-order valence-electron chi connectivity index (χ1n) is 5.22. The van der Waals surface area contributed by atoms with Crippen LogP contribution in [0.2, 0.25) is 0 Å². The van der Waals surface area contributed by atoms with Gasteiger partial charge in [0, 0.05) is 6.42 Å². The molecule has 17 heavy (non-hydrogen) atoms. The van der Waals surface area contributed by atoms with Gasteiger partial charge in [0.15, 0.2) is 0 Å². The minimum atomic E-state index is -0.416. The van der Waals surface area contributed by atoms with Crippen molar-refractivity contribution in [3.05, 3.63) is 46.0 Å². The lowest BCUT2D eigenvalue weighted by molar-refractivity contribution is 0.580. The molecule has 0 amide bonds. The van der Waals surface area contributed by atoms with Crippen LogP contribution in [-0.2, 0) is 12.8 Å². The van der Waals surface area contributed by atoms with Gasteiger partial charge < -0.3 is 0 Å². The van der Waals surface area contributed by atoms with Crippen molar-refractivity contribution in [1.29, 1.82) is 0 Å². The van der Waals surface area contributed by atoms with Gasteiger partial charge in [-0.1, -0.05) is 0 Å². The van der Waals surface area contributed by atoms with E-state index < -0.39 is 5.82 Å². The number of benzene rings is 1. The topological polar surface area (TPSA) is 44.5 Å². The largest absolute Gasteiger partial charge is 0.286 e. The molecule has 0 saturated carbocycles. The second-order valence-electron chi connectivity index (χ2n) is 3.70. The van der Waals surface area contributed by atoms with E-state index in [1.54, 1.807) is 0 Å². The molecular formula is C11H11F2N3S. The summed E-state index contributed by atoms with van der Waals surface area (Å²) < 4.78 is 26.6. The van der Waals surface area contributed by atoms with E-state index in [2.05, 4.69) is 15.2 Å². The summed E-state index contributed by atoms with van der Waals surface area (Å²) in [5, 5.41) is 5.49. The van der Waals surface area contributed by atoms with Crippen molar-refractivity contribution in [3.8, 4) is 0 Å². The molecule has 1 heterocycles. The van der Waals surface area contributed by atoms with Gasteiger partial charge in [0.2, 0.25) is 4.77 Å². The molecule has 1 aromatic carbocycles. The molecule has 1 aromatic heterocycles. The molecule has 2 aromatic rings. The molecule has 2 rings (SSSR count). The summed E-state index contributed by atoms with van der Waals surface area (Å²) in [4.78, 5) is 4.02. The second kappa shape index (κ2) is 5.18. The van der Waals surface area contributed by atoms with E-state index in [0.29, 0.717) is 29.6 Å². The molecule has 0 atom stereocenters. The van der Waals surface area contributed by atoms with Gasteiger partial charge in [-0.2, -0.15) is 0 Å². The Labute approximate surface area is 102 Å². The Hall–Kier alpha value is -1.56. The first-order chi connectivity index (χ1) is 8.15. The standard InChI is InChI=1S/C11H11F2N3S/c12-8-4-5-9(13)7(6-8)2-1-3-10-14-11(17)16-15-10/h4-6H,1-3H2,(H2,14,15,16,17). The van der Waals surface area contributed by atoms with Crippen LogP contribution in [0, 0.1) is 16.4 Å². The smallest absolute Gasteiger partial charge is 0.213 e. The molecule has 0 spiro atoms. The first-order valence-corrected chi connectivity index (χ1v) is 5.63. The molecule has 0 aliphatic rings. The quantitative estimate of drug-likeness (QED) is 0.825. The lowest BCUT2D eigenvalue weighted by Gasteiger charge is -2.02. The predicted octanol–water partition coefficient (Wildman–Crippen LogP) is 2.92. The minimum Gasteiger partial charge on any atom is -0.286 e. The van der Waals surface area contributed by atoms with Crippen LogP contribution < -0.4 is 0 Å². The van der Waals surface area contributed by atoms with E-state index in [9.17, 15) is 8.78 Å². The van der Waals surface area contributed by atoms with E-state index in [0.717, 1.165) is 18.0 Å². The van der Waals surface area contributed by atoms with Crippen LogP contribution in [0.15, 0.2) is 18.2 Å². The van der Waals surface area contributed by atoms with Gasteiger partial charge in [-0.05, 0) is 48.8 Å². The van der Waals surface area contributed by atoms with Crippen LogP contribution in [0.4, 0.5) is 8.78 Å². The zero-order chi connectivity index (χ0) is 12.3. The summed E-state index contributed by atoms with van der Waals surface area (Å²) in [6.07, 6.45) is 1.79. The van der Waals surface area contributed by atoms with Crippen LogP contribution in [0.25, 0.3) is 0 Å². The molecule has 2 N–H and O–H groups in total. The number of H-pyrrole nitrogens is 2. The number of hydrogen-bond acceptors (Lipinski definition) is 2. The lowest BCUT2D eigenvalue weighted by Crippen LogP contribution is -1.95. The monoisotopic (exact) mass is 255 g/mol. The number of rotatable bonds is 4. The average Bonchev–Trinajstić information content (AvgIpc) is 2.69. The maximum absolute atomic E-state index is 13.3. The van der Waals surface area contributed by atoms with Crippen molar-refractivity contribution in [2.24, 2.45) is 0 Å². The van der Waals surface area contributed by atoms with Crippen LogP contribution in [0.5, 0.6) is 0 Å². The molecular weight excluding hydrogens is 244 g/mol. The molecule has 0 aliphatic carbocycles. The third kappa shape index (κ3) is 3.20. The summed E-state index contributed by atoms with van der Waals surface area (Å²) in [6, 6.07) is 3.48. The van der Waals surface area contributed by atoms with Crippen LogP contribution in [-0.4, -0.2) is 15.2 Å². The highest BCUT2D eigenvalue weighted by Gasteiger charge is 2.04. The van der Waals surface area contributed by atoms with Gasteiger partial charge in [-0.15, -0.1) is 0 Å². The van der Waals surface area contributed by atoms with Crippen molar-refractivity contribution < 1.29 is 8.78 Å². The lowest BCUT2D eigenvalue weighted by atomic mass is 10.1. The minimum absolute atomic E-state index is 0.374. The fraction of sp³-hybridized carbons (Fsp3) is 0.273. The van der Waals surface area contributed by atoms with E-state index in [1.165, 1.54) is 6.07 Å². The van der Waals surface area contributed by atoms with E-state index in [4.69, 9.17) is 12.2 Å². The SMILES string of the molecule is Fc1ccc(F)c(CCCc2nc(=S)[nH][nH]2)c1. The van der Waals surface area contributed by atoms with Crippen LogP contribution in [0.1, 0.15) is 17.8 Å². The molecule has 0 saturated heterocycles. The normalized spacial score (nSPS) is 10.7. The highest BCUT2D eigenvalue weighted by molar-refractivity contribution is 7.71. The Kier molecular flexibility index (Phi) is 3.63. The molecule has 0 unspecified atom stereocenters. The molecule has 0 fully saturated rings. The van der Waals surface area contributed by atoms with Crippen molar-refractivity contribution in [3.63, 3.8) is 0 Å².